The van der Waals surface area contributed by atoms with Gasteiger partial charge in [0.2, 0.25) is 0 Å². The summed E-state index contributed by atoms with van der Waals surface area (Å²) in [5.41, 5.74) is 13.5. The molecule has 0 unspecified atom stereocenters. The fraction of sp³-hybridized carbons (Fsp3) is 0. The molecule has 4 nitrogen and oxygen atoms in total. The SMILES string of the molecule is c1ccc(-c2ccc(-c3cc(-c4ccc(-c5ccccc5)cc4)c4oc5cc(-c6nc(-c7ccccc7)nc(-c7ccccc7)n6)ccc5c4c3)cc2)cc1. The predicted octanol–water partition coefficient (Wildman–Crippen LogP) is 13.4. The average molecular weight is 704 g/mol. The summed E-state index contributed by atoms with van der Waals surface area (Å²) >= 11 is 0. The van der Waals surface area contributed by atoms with Crippen LogP contribution < -0.4 is 0 Å². The molecule has 0 atom stereocenters. The smallest absolute Gasteiger partial charge is 0.164 e. The Morgan fingerprint density at radius 3 is 1.15 bits per heavy atom. The molecule has 2 aromatic heterocycles. The Morgan fingerprint density at radius 2 is 0.655 bits per heavy atom. The Morgan fingerprint density at radius 1 is 0.273 bits per heavy atom. The van der Waals surface area contributed by atoms with Crippen LogP contribution >= 0.6 is 0 Å². The normalized spacial score (nSPS) is 11.3. The van der Waals surface area contributed by atoms with Gasteiger partial charge in [0.25, 0.3) is 0 Å². The van der Waals surface area contributed by atoms with E-state index in [1.165, 1.54) is 22.3 Å². The van der Waals surface area contributed by atoms with Crippen molar-refractivity contribution in [3.63, 3.8) is 0 Å². The zero-order valence-corrected chi connectivity index (χ0v) is 29.8. The number of fused-ring (bicyclic) bond motifs is 3. The highest BCUT2D eigenvalue weighted by atomic mass is 16.3. The number of benzene rings is 8. The second-order valence-electron chi connectivity index (χ2n) is 13.6. The number of nitrogens with zero attached hydrogens (tertiary/aromatic N) is 3. The molecule has 0 bridgehead atoms. The summed E-state index contributed by atoms with van der Waals surface area (Å²) < 4.78 is 6.84. The lowest BCUT2D eigenvalue weighted by Gasteiger charge is -2.10. The number of aromatic nitrogens is 3. The van der Waals surface area contributed by atoms with Gasteiger partial charge in [-0.3, -0.25) is 0 Å². The summed E-state index contributed by atoms with van der Waals surface area (Å²) in [6.45, 7) is 0. The molecule has 0 aliphatic carbocycles. The zero-order valence-electron chi connectivity index (χ0n) is 29.8. The topological polar surface area (TPSA) is 51.8 Å². The second kappa shape index (κ2) is 13.8. The first-order valence-corrected chi connectivity index (χ1v) is 18.4. The van der Waals surface area contributed by atoms with Crippen molar-refractivity contribution in [3.8, 4) is 78.7 Å². The molecule has 0 aliphatic rings. The molecule has 0 amide bonds. The van der Waals surface area contributed by atoms with Crippen molar-refractivity contribution >= 4 is 21.9 Å². The van der Waals surface area contributed by atoms with Gasteiger partial charge in [0, 0.05) is 33.0 Å². The fourth-order valence-electron chi connectivity index (χ4n) is 7.29. The van der Waals surface area contributed by atoms with Crippen LogP contribution in [0.1, 0.15) is 0 Å². The molecule has 0 spiro atoms. The lowest BCUT2D eigenvalue weighted by molar-refractivity contribution is 0.670. The van der Waals surface area contributed by atoms with Crippen LogP contribution in [0.3, 0.4) is 0 Å². The van der Waals surface area contributed by atoms with Gasteiger partial charge in [0.15, 0.2) is 17.5 Å². The van der Waals surface area contributed by atoms with Gasteiger partial charge in [-0.05, 0) is 63.2 Å². The first kappa shape index (κ1) is 32.2. The third-order valence-electron chi connectivity index (χ3n) is 10.2. The lowest BCUT2D eigenvalue weighted by atomic mass is 9.93. The van der Waals surface area contributed by atoms with E-state index in [1.807, 2.05) is 72.8 Å². The minimum absolute atomic E-state index is 0.589. The van der Waals surface area contributed by atoms with E-state index in [-0.39, 0.29) is 0 Å². The summed E-state index contributed by atoms with van der Waals surface area (Å²) in [6.07, 6.45) is 0. The molecular weight excluding hydrogens is 671 g/mol. The molecule has 0 saturated heterocycles. The van der Waals surface area contributed by atoms with Crippen molar-refractivity contribution in [3.05, 3.63) is 200 Å². The van der Waals surface area contributed by atoms with E-state index < -0.39 is 0 Å². The Hall–Kier alpha value is -7.43. The van der Waals surface area contributed by atoms with Crippen LogP contribution in [0, 0.1) is 0 Å². The first-order valence-electron chi connectivity index (χ1n) is 18.4. The Kier molecular flexibility index (Phi) is 8.12. The molecule has 55 heavy (non-hydrogen) atoms. The van der Waals surface area contributed by atoms with Gasteiger partial charge in [-0.15, -0.1) is 0 Å². The van der Waals surface area contributed by atoms with Crippen LogP contribution in [0.2, 0.25) is 0 Å². The molecule has 0 saturated carbocycles. The molecule has 0 radical (unpaired) electrons. The molecule has 4 heteroatoms. The maximum absolute atomic E-state index is 6.84. The van der Waals surface area contributed by atoms with Crippen LogP contribution in [0.15, 0.2) is 205 Å². The minimum atomic E-state index is 0.589. The van der Waals surface area contributed by atoms with Gasteiger partial charge in [-0.1, -0.05) is 176 Å². The van der Waals surface area contributed by atoms with Gasteiger partial charge >= 0.3 is 0 Å². The number of hydrogen-bond donors (Lipinski definition) is 0. The highest BCUT2D eigenvalue weighted by molar-refractivity contribution is 6.12. The number of rotatable bonds is 7. The third kappa shape index (κ3) is 6.26. The van der Waals surface area contributed by atoms with Crippen LogP contribution in [0.25, 0.3) is 101 Å². The molecule has 8 aromatic carbocycles. The van der Waals surface area contributed by atoms with E-state index >= 15 is 0 Å². The summed E-state index contributed by atoms with van der Waals surface area (Å²) in [5.74, 6) is 1.84. The minimum Gasteiger partial charge on any atom is -0.455 e. The van der Waals surface area contributed by atoms with Crippen molar-refractivity contribution in [2.24, 2.45) is 0 Å². The quantitative estimate of drug-likeness (QED) is 0.166. The van der Waals surface area contributed by atoms with Gasteiger partial charge in [0.05, 0.1) is 0 Å². The van der Waals surface area contributed by atoms with Crippen molar-refractivity contribution in [1.82, 2.24) is 15.0 Å². The van der Waals surface area contributed by atoms with Gasteiger partial charge in [-0.25, -0.2) is 15.0 Å². The Labute approximate surface area is 319 Å². The number of furan rings is 1. The molecule has 0 N–H and O–H groups in total. The average Bonchev–Trinajstić information content (AvgIpc) is 3.65. The summed E-state index contributed by atoms with van der Waals surface area (Å²) in [5, 5.41) is 2.09. The van der Waals surface area contributed by atoms with E-state index in [0.717, 1.165) is 60.9 Å². The van der Waals surface area contributed by atoms with E-state index in [9.17, 15) is 0 Å². The van der Waals surface area contributed by atoms with E-state index in [1.54, 1.807) is 0 Å². The van der Waals surface area contributed by atoms with Crippen LogP contribution in [-0.2, 0) is 0 Å². The maximum Gasteiger partial charge on any atom is 0.164 e. The van der Waals surface area contributed by atoms with E-state index in [0.29, 0.717) is 17.5 Å². The predicted molar refractivity (Wildman–Crippen MR) is 225 cm³/mol. The standard InChI is InChI=1S/C51H33N3O/c1-5-13-34(14-6-1)36-21-23-38(24-22-36)43-31-45(39-27-25-37(26-28-39)35-15-7-2-8-16-35)48-46(32-43)44-30-29-42(33-47(44)55-48)51-53-49(40-17-9-3-10-18-40)52-50(54-51)41-19-11-4-12-20-41/h1-33H. The first-order chi connectivity index (χ1) is 27.2. The highest BCUT2D eigenvalue weighted by Gasteiger charge is 2.18. The fourth-order valence-corrected chi connectivity index (χ4v) is 7.29. The van der Waals surface area contributed by atoms with Crippen LogP contribution in [0.4, 0.5) is 0 Å². The van der Waals surface area contributed by atoms with Crippen LogP contribution in [0.5, 0.6) is 0 Å². The highest BCUT2D eigenvalue weighted by Crippen LogP contribution is 2.41. The molecule has 10 rings (SSSR count). The third-order valence-corrected chi connectivity index (χ3v) is 10.2. The van der Waals surface area contributed by atoms with Crippen molar-refractivity contribution < 1.29 is 4.42 Å². The monoisotopic (exact) mass is 703 g/mol. The zero-order chi connectivity index (χ0) is 36.6. The van der Waals surface area contributed by atoms with E-state index in [4.69, 9.17) is 19.4 Å². The molecule has 0 fully saturated rings. The van der Waals surface area contributed by atoms with Crippen molar-refractivity contribution in [2.45, 2.75) is 0 Å². The summed E-state index contributed by atoms with van der Waals surface area (Å²) in [4.78, 5) is 14.8. The number of hydrogen-bond acceptors (Lipinski definition) is 4. The summed E-state index contributed by atoms with van der Waals surface area (Å²) in [7, 11) is 0. The summed E-state index contributed by atoms with van der Waals surface area (Å²) in [6, 6.07) is 69.4. The molecule has 0 aliphatic heterocycles. The van der Waals surface area contributed by atoms with Gasteiger partial charge < -0.3 is 4.42 Å². The van der Waals surface area contributed by atoms with Crippen molar-refractivity contribution in [2.75, 3.05) is 0 Å². The molecular formula is C51H33N3O. The Balaban J connectivity index is 1.12. The van der Waals surface area contributed by atoms with E-state index in [2.05, 4.69) is 127 Å². The second-order valence-corrected chi connectivity index (χ2v) is 13.6. The lowest BCUT2D eigenvalue weighted by Crippen LogP contribution is -2.00. The van der Waals surface area contributed by atoms with Crippen molar-refractivity contribution in [1.29, 1.82) is 0 Å². The molecule has 258 valence electrons. The van der Waals surface area contributed by atoms with Crippen LogP contribution in [-0.4, -0.2) is 15.0 Å². The van der Waals surface area contributed by atoms with Gasteiger partial charge in [-0.2, -0.15) is 0 Å². The Bertz CT molecular complexity index is 2870. The maximum atomic E-state index is 6.84. The van der Waals surface area contributed by atoms with Gasteiger partial charge in [0.1, 0.15) is 11.2 Å². The molecule has 10 aromatic rings. The molecule has 2 heterocycles. The largest absolute Gasteiger partial charge is 0.455 e.